The van der Waals surface area contributed by atoms with Crippen molar-refractivity contribution in [1.82, 2.24) is 0 Å². The van der Waals surface area contributed by atoms with Crippen molar-refractivity contribution in [2.45, 2.75) is 13.8 Å². The summed E-state index contributed by atoms with van der Waals surface area (Å²) in [5.74, 6) is -0.153. The topological polar surface area (TPSA) is 37.3 Å². The first-order chi connectivity index (χ1) is 5.54. The third-order valence-corrected chi connectivity index (χ3v) is 2.08. The van der Waals surface area contributed by atoms with E-state index in [9.17, 15) is 9.90 Å². The van der Waals surface area contributed by atoms with E-state index in [-0.39, 0.29) is 16.6 Å². The summed E-state index contributed by atoms with van der Waals surface area (Å²) in [6.45, 7) is 3.14. The Labute approximate surface area is 75.8 Å². The van der Waals surface area contributed by atoms with E-state index in [1.807, 2.05) is 0 Å². The van der Waals surface area contributed by atoms with Gasteiger partial charge in [-0.15, -0.1) is 0 Å². The second-order valence-electron chi connectivity index (χ2n) is 2.65. The number of hydrogen-bond donors (Lipinski definition) is 1. The fourth-order valence-electron chi connectivity index (χ4n) is 0.933. The first-order valence-electron chi connectivity index (χ1n) is 3.53. The largest absolute Gasteiger partial charge is 0.506 e. The average Bonchev–Trinajstić information content (AvgIpc) is 2.00. The molecule has 0 aliphatic carbocycles. The number of carbonyl (C=O) groups is 1. The predicted molar refractivity (Wildman–Crippen MR) is 47.9 cm³/mol. The van der Waals surface area contributed by atoms with Gasteiger partial charge >= 0.3 is 0 Å². The number of carbonyl (C=O) groups excluding carboxylic acids is 1. The van der Waals surface area contributed by atoms with Gasteiger partial charge in [-0.25, -0.2) is 0 Å². The maximum atomic E-state index is 10.9. The van der Waals surface area contributed by atoms with Crippen LogP contribution in [0.25, 0.3) is 0 Å². The fraction of sp³-hybridized carbons (Fsp3) is 0.222. The van der Waals surface area contributed by atoms with Gasteiger partial charge in [-0.3, -0.25) is 4.79 Å². The summed E-state index contributed by atoms with van der Waals surface area (Å²) in [6.07, 6.45) is 0. The summed E-state index contributed by atoms with van der Waals surface area (Å²) in [4.78, 5) is 10.9. The minimum Gasteiger partial charge on any atom is -0.506 e. The number of aryl methyl sites for hydroxylation is 1. The van der Waals surface area contributed by atoms with Gasteiger partial charge in [0.2, 0.25) is 0 Å². The zero-order chi connectivity index (χ0) is 9.30. The summed E-state index contributed by atoms with van der Waals surface area (Å²) in [5.41, 5.74) is 1.03. The van der Waals surface area contributed by atoms with Crippen molar-refractivity contribution in [2.75, 3.05) is 0 Å². The molecule has 0 aliphatic heterocycles. The van der Waals surface area contributed by atoms with Crippen molar-refractivity contribution >= 4 is 17.4 Å². The lowest BCUT2D eigenvalue weighted by molar-refractivity contribution is 0.101. The van der Waals surface area contributed by atoms with Crippen molar-refractivity contribution < 1.29 is 9.90 Å². The summed E-state index contributed by atoms with van der Waals surface area (Å²) in [6, 6.07) is 3.28. The van der Waals surface area contributed by atoms with Gasteiger partial charge in [0.25, 0.3) is 0 Å². The van der Waals surface area contributed by atoms with Crippen molar-refractivity contribution in [2.24, 2.45) is 0 Å². The standard InChI is InChI=1S/C9H9ClO2/c1-5-3-4-7(6(2)11)8(10)9(5)12/h3-4,12H,1-2H3. The lowest BCUT2D eigenvalue weighted by Gasteiger charge is -2.04. The van der Waals surface area contributed by atoms with Crippen LogP contribution in [-0.2, 0) is 0 Å². The van der Waals surface area contributed by atoms with E-state index in [2.05, 4.69) is 0 Å². The van der Waals surface area contributed by atoms with E-state index >= 15 is 0 Å². The zero-order valence-corrected chi connectivity index (χ0v) is 7.64. The Morgan fingerprint density at radius 3 is 2.58 bits per heavy atom. The molecule has 0 amide bonds. The van der Waals surface area contributed by atoms with Crippen LogP contribution in [0.3, 0.4) is 0 Å². The highest BCUT2D eigenvalue weighted by Gasteiger charge is 2.10. The molecule has 0 saturated heterocycles. The molecule has 0 spiro atoms. The van der Waals surface area contributed by atoms with Gasteiger partial charge in [0.15, 0.2) is 5.78 Å². The van der Waals surface area contributed by atoms with Gasteiger partial charge in [0.1, 0.15) is 5.75 Å². The molecule has 1 aromatic carbocycles. The van der Waals surface area contributed by atoms with Crippen molar-refractivity contribution in [1.29, 1.82) is 0 Å². The Bertz CT molecular complexity index is 332. The fourth-order valence-corrected chi connectivity index (χ4v) is 1.28. The second-order valence-corrected chi connectivity index (χ2v) is 3.03. The molecule has 64 valence electrons. The molecule has 1 rings (SSSR count). The normalized spacial score (nSPS) is 9.92. The molecule has 0 atom stereocenters. The molecule has 0 bridgehead atoms. The van der Waals surface area contributed by atoms with Crippen LogP contribution in [0.4, 0.5) is 0 Å². The van der Waals surface area contributed by atoms with Gasteiger partial charge in [-0.1, -0.05) is 17.7 Å². The SMILES string of the molecule is CC(=O)c1ccc(C)c(O)c1Cl. The Kier molecular flexibility index (Phi) is 2.38. The molecule has 1 aromatic rings. The highest BCUT2D eigenvalue weighted by atomic mass is 35.5. The first kappa shape index (κ1) is 9.07. The van der Waals surface area contributed by atoms with Crippen LogP contribution in [0.1, 0.15) is 22.8 Å². The van der Waals surface area contributed by atoms with Crippen molar-refractivity contribution in [3.63, 3.8) is 0 Å². The molecular formula is C9H9ClO2. The monoisotopic (exact) mass is 184 g/mol. The van der Waals surface area contributed by atoms with E-state index in [4.69, 9.17) is 11.6 Å². The number of phenols is 1. The number of halogens is 1. The molecule has 12 heavy (non-hydrogen) atoms. The highest BCUT2D eigenvalue weighted by molar-refractivity contribution is 6.35. The number of ketones is 1. The van der Waals surface area contributed by atoms with Gasteiger partial charge in [0.05, 0.1) is 5.02 Å². The zero-order valence-electron chi connectivity index (χ0n) is 6.89. The molecule has 1 N–H and O–H groups in total. The van der Waals surface area contributed by atoms with Crippen LogP contribution >= 0.6 is 11.6 Å². The minimum atomic E-state index is -0.143. The Morgan fingerprint density at radius 1 is 1.50 bits per heavy atom. The van der Waals surface area contributed by atoms with Crippen LogP contribution in [0.5, 0.6) is 5.75 Å². The quantitative estimate of drug-likeness (QED) is 0.682. The highest BCUT2D eigenvalue weighted by Crippen LogP contribution is 2.30. The molecule has 0 aliphatic rings. The molecule has 2 nitrogen and oxygen atoms in total. The summed E-state index contributed by atoms with van der Waals surface area (Å²) >= 11 is 5.72. The maximum Gasteiger partial charge on any atom is 0.161 e. The lowest BCUT2D eigenvalue weighted by Crippen LogP contribution is -1.93. The molecule has 0 saturated carbocycles. The van der Waals surface area contributed by atoms with Gasteiger partial charge in [-0.05, 0) is 25.5 Å². The number of hydrogen-bond acceptors (Lipinski definition) is 2. The van der Waals surface area contributed by atoms with Gasteiger partial charge in [0, 0.05) is 5.56 Å². The first-order valence-corrected chi connectivity index (χ1v) is 3.91. The summed E-state index contributed by atoms with van der Waals surface area (Å²) in [5, 5.41) is 9.49. The van der Waals surface area contributed by atoms with Gasteiger partial charge < -0.3 is 5.11 Å². The van der Waals surface area contributed by atoms with Gasteiger partial charge in [-0.2, -0.15) is 0 Å². The third kappa shape index (κ3) is 1.43. The molecule has 0 aromatic heterocycles. The molecule has 0 heterocycles. The Balaban J connectivity index is 3.36. The van der Waals surface area contributed by atoms with E-state index in [0.29, 0.717) is 11.1 Å². The Hall–Kier alpha value is -1.02. The number of phenolic OH excluding ortho intramolecular Hbond substituents is 1. The van der Waals surface area contributed by atoms with Crippen molar-refractivity contribution in [3.05, 3.63) is 28.3 Å². The molecule has 0 unspecified atom stereocenters. The summed E-state index contributed by atoms with van der Waals surface area (Å²) < 4.78 is 0. The number of benzene rings is 1. The number of rotatable bonds is 1. The third-order valence-electron chi connectivity index (χ3n) is 1.70. The van der Waals surface area contributed by atoms with E-state index in [1.54, 1.807) is 19.1 Å². The van der Waals surface area contributed by atoms with Crippen molar-refractivity contribution in [3.8, 4) is 5.75 Å². The number of aromatic hydroxyl groups is 1. The molecule has 3 heteroatoms. The van der Waals surface area contributed by atoms with Crippen LogP contribution in [-0.4, -0.2) is 10.9 Å². The smallest absolute Gasteiger partial charge is 0.161 e. The predicted octanol–water partition coefficient (Wildman–Crippen LogP) is 2.56. The van der Waals surface area contributed by atoms with E-state index < -0.39 is 0 Å². The second kappa shape index (κ2) is 3.15. The van der Waals surface area contributed by atoms with Crippen LogP contribution in [0.2, 0.25) is 5.02 Å². The van der Waals surface area contributed by atoms with E-state index in [1.165, 1.54) is 6.92 Å². The Morgan fingerprint density at radius 2 is 2.08 bits per heavy atom. The molecule has 0 radical (unpaired) electrons. The van der Waals surface area contributed by atoms with E-state index in [0.717, 1.165) is 0 Å². The lowest BCUT2D eigenvalue weighted by atomic mass is 10.1. The van der Waals surface area contributed by atoms with Crippen LogP contribution < -0.4 is 0 Å². The molecule has 0 fully saturated rings. The summed E-state index contributed by atoms with van der Waals surface area (Å²) in [7, 11) is 0. The molecular weight excluding hydrogens is 176 g/mol. The maximum absolute atomic E-state index is 10.9. The minimum absolute atomic E-state index is 0.00985. The van der Waals surface area contributed by atoms with Crippen LogP contribution in [0.15, 0.2) is 12.1 Å². The average molecular weight is 185 g/mol. The van der Waals surface area contributed by atoms with Crippen LogP contribution in [0, 0.1) is 6.92 Å². The number of Topliss-reactive ketones (excluding diaryl/α,β-unsaturated/α-hetero) is 1.